The first-order chi connectivity index (χ1) is 8.67. The minimum Gasteiger partial charge on any atom is -0.369 e. The van der Waals surface area contributed by atoms with Crippen molar-refractivity contribution in [1.82, 2.24) is 4.90 Å². The summed E-state index contributed by atoms with van der Waals surface area (Å²) >= 11 is 3.99. The molecule has 1 aliphatic rings. The number of hydrogen-bond acceptors (Lipinski definition) is 4. The SMILES string of the molecule is CN1C(=O)C[C@](c2cc(Br)cs2)(C(F)(F)F)N=C1N. The topological polar surface area (TPSA) is 58.7 Å². The summed E-state index contributed by atoms with van der Waals surface area (Å²) < 4.78 is 40.8. The Hall–Kier alpha value is -1.09. The molecule has 1 aliphatic heterocycles. The van der Waals surface area contributed by atoms with Gasteiger partial charge in [-0.2, -0.15) is 13.2 Å². The zero-order valence-corrected chi connectivity index (χ0v) is 12.1. The molecule has 0 bridgehead atoms. The fraction of sp³-hybridized carbons (Fsp3) is 0.400. The molecular formula is C10H9BrF3N3OS. The average Bonchev–Trinajstić information content (AvgIpc) is 2.70. The summed E-state index contributed by atoms with van der Waals surface area (Å²) in [4.78, 5) is 16.1. The predicted octanol–water partition coefficient (Wildman–Crippen LogP) is 2.44. The van der Waals surface area contributed by atoms with E-state index in [2.05, 4.69) is 20.9 Å². The molecule has 0 aromatic carbocycles. The maximum Gasteiger partial charge on any atom is 0.419 e. The quantitative estimate of drug-likeness (QED) is 0.840. The van der Waals surface area contributed by atoms with Crippen LogP contribution in [0.15, 0.2) is 20.9 Å². The fourth-order valence-electron chi connectivity index (χ4n) is 1.75. The number of aliphatic imine (C=N–C) groups is 1. The minimum atomic E-state index is -4.70. The Bertz CT molecular complexity index is 556. The molecule has 1 aromatic heterocycles. The van der Waals surface area contributed by atoms with Gasteiger partial charge in [-0.1, -0.05) is 0 Å². The van der Waals surface area contributed by atoms with Crippen LogP contribution in [0, 0.1) is 0 Å². The summed E-state index contributed by atoms with van der Waals surface area (Å²) in [7, 11) is 1.30. The third kappa shape index (κ3) is 2.25. The second kappa shape index (κ2) is 4.48. The number of carbonyl (C=O) groups excluding carboxylic acids is 1. The molecule has 2 N–H and O–H groups in total. The van der Waals surface area contributed by atoms with Gasteiger partial charge in [0, 0.05) is 21.8 Å². The molecule has 0 saturated carbocycles. The molecule has 2 rings (SSSR count). The van der Waals surface area contributed by atoms with Crippen LogP contribution < -0.4 is 5.73 Å². The van der Waals surface area contributed by atoms with Crippen LogP contribution in [-0.4, -0.2) is 30.0 Å². The lowest BCUT2D eigenvalue weighted by atomic mass is 9.91. The highest BCUT2D eigenvalue weighted by Crippen LogP contribution is 2.49. The molecule has 0 saturated heterocycles. The van der Waals surface area contributed by atoms with Crippen LogP contribution in [-0.2, 0) is 10.3 Å². The molecule has 1 amide bonds. The normalized spacial score (nSPS) is 24.6. The van der Waals surface area contributed by atoms with Crippen LogP contribution in [0.25, 0.3) is 0 Å². The highest BCUT2D eigenvalue weighted by Gasteiger charge is 2.60. The lowest BCUT2D eigenvalue weighted by molar-refractivity contribution is -0.194. The number of nitrogens with two attached hydrogens (primary N) is 1. The van der Waals surface area contributed by atoms with Crippen molar-refractivity contribution in [2.75, 3.05) is 7.05 Å². The highest BCUT2D eigenvalue weighted by molar-refractivity contribution is 9.10. The number of nitrogens with zero attached hydrogens (tertiary/aromatic N) is 2. The van der Waals surface area contributed by atoms with E-state index in [1.807, 2.05) is 0 Å². The number of thiophene rings is 1. The summed E-state index contributed by atoms with van der Waals surface area (Å²) in [6.07, 6.45) is -5.47. The number of guanidine groups is 1. The monoisotopic (exact) mass is 355 g/mol. The van der Waals surface area contributed by atoms with Gasteiger partial charge in [-0.05, 0) is 22.0 Å². The van der Waals surface area contributed by atoms with E-state index in [0.29, 0.717) is 4.47 Å². The zero-order chi connectivity index (χ0) is 14.4. The Kier molecular flexibility index (Phi) is 3.38. The summed E-state index contributed by atoms with van der Waals surface area (Å²) in [5, 5.41) is 1.51. The smallest absolute Gasteiger partial charge is 0.369 e. The zero-order valence-electron chi connectivity index (χ0n) is 9.66. The van der Waals surface area contributed by atoms with Gasteiger partial charge in [-0.25, -0.2) is 4.99 Å². The Morgan fingerprint density at radius 2 is 2.21 bits per heavy atom. The van der Waals surface area contributed by atoms with E-state index in [1.54, 1.807) is 0 Å². The van der Waals surface area contributed by atoms with Crippen molar-refractivity contribution in [3.63, 3.8) is 0 Å². The Morgan fingerprint density at radius 1 is 1.58 bits per heavy atom. The Labute approximate surface area is 119 Å². The molecule has 0 fully saturated rings. The van der Waals surface area contributed by atoms with Crippen LogP contribution in [0.3, 0.4) is 0 Å². The molecule has 2 heterocycles. The molecule has 0 unspecified atom stereocenters. The van der Waals surface area contributed by atoms with E-state index in [-0.39, 0.29) is 4.88 Å². The first-order valence-corrected chi connectivity index (χ1v) is 6.78. The van der Waals surface area contributed by atoms with Crippen LogP contribution in [0.1, 0.15) is 11.3 Å². The van der Waals surface area contributed by atoms with Crippen LogP contribution in [0.2, 0.25) is 0 Å². The van der Waals surface area contributed by atoms with Gasteiger partial charge in [0.05, 0.1) is 6.42 Å². The summed E-state index contributed by atoms with van der Waals surface area (Å²) in [6, 6.07) is 1.31. The molecule has 19 heavy (non-hydrogen) atoms. The summed E-state index contributed by atoms with van der Waals surface area (Å²) in [6.45, 7) is 0. The molecular weight excluding hydrogens is 347 g/mol. The largest absolute Gasteiger partial charge is 0.419 e. The third-order valence-electron chi connectivity index (χ3n) is 2.87. The van der Waals surface area contributed by atoms with Gasteiger partial charge in [-0.3, -0.25) is 9.69 Å². The lowest BCUT2D eigenvalue weighted by Crippen LogP contribution is -2.53. The van der Waals surface area contributed by atoms with E-state index in [9.17, 15) is 18.0 Å². The number of rotatable bonds is 1. The van der Waals surface area contributed by atoms with Gasteiger partial charge in [0.15, 0.2) is 5.96 Å². The standard InChI is InChI=1S/C10H9BrF3N3OS/c1-17-7(18)3-9(10(12,13)14,16-8(17)15)6-2-5(11)4-19-6/h2,4H,3H2,1H3,(H2,15,16)/t9-/m0/s1. The number of alkyl halides is 3. The number of amides is 1. The van der Waals surface area contributed by atoms with Crippen molar-refractivity contribution in [2.45, 2.75) is 18.1 Å². The first kappa shape index (κ1) is 14.3. The molecule has 104 valence electrons. The fourth-order valence-corrected chi connectivity index (χ4v) is 3.34. The first-order valence-electron chi connectivity index (χ1n) is 5.10. The van der Waals surface area contributed by atoms with E-state index >= 15 is 0 Å². The van der Waals surface area contributed by atoms with Crippen molar-refractivity contribution < 1.29 is 18.0 Å². The molecule has 1 atom stereocenters. The van der Waals surface area contributed by atoms with Gasteiger partial charge < -0.3 is 5.73 Å². The van der Waals surface area contributed by atoms with E-state index in [4.69, 9.17) is 5.73 Å². The molecule has 0 spiro atoms. The van der Waals surface area contributed by atoms with Gasteiger partial charge in [0.25, 0.3) is 0 Å². The molecule has 0 aliphatic carbocycles. The Balaban J connectivity index is 2.64. The van der Waals surface area contributed by atoms with Gasteiger partial charge in [0.1, 0.15) is 0 Å². The number of halogens is 4. The van der Waals surface area contributed by atoms with Gasteiger partial charge >= 0.3 is 6.18 Å². The van der Waals surface area contributed by atoms with E-state index in [0.717, 1.165) is 16.2 Å². The van der Waals surface area contributed by atoms with Crippen LogP contribution in [0.4, 0.5) is 13.2 Å². The third-order valence-corrected chi connectivity index (χ3v) is 4.72. The minimum absolute atomic E-state index is 0.0590. The number of carbonyl (C=O) groups is 1. The van der Waals surface area contributed by atoms with Gasteiger partial charge in [0.2, 0.25) is 11.4 Å². The molecule has 0 radical (unpaired) electrons. The van der Waals surface area contributed by atoms with Crippen molar-refractivity contribution in [1.29, 1.82) is 0 Å². The molecule has 9 heteroatoms. The highest BCUT2D eigenvalue weighted by atomic mass is 79.9. The van der Waals surface area contributed by atoms with E-state index in [1.165, 1.54) is 18.5 Å². The van der Waals surface area contributed by atoms with Gasteiger partial charge in [-0.15, -0.1) is 11.3 Å². The summed E-state index contributed by atoms with van der Waals surface area (Å²) in [5.41, 5.74) is 2.85. The van der Waals surface area contributed by atoms with Crippen molar-refractivity contribution in [2.24, 2.45) is 10.7 Å². The average molecular weight is 356 g/mol. The maximum absolute atomic E-state index is 13.4. The van der Waals surface area contributed by atoms with Crippen LogP contribution in [0.5, 0.6) is 0 Å². The van der Waals surface area contributed by atoms with Crippen molar-refractivity contribution in [3.8, 4) is 0 Å². The van der Waals surface area contributed by atoms with Crippen LogP contribution >= 0.6 is 27.3 Å². The van der Waals surface area contributed by atoms with E-state index < -0.39 is 30.0 Å². The molecule has 1 aromatic rings. The second-order valence-corrected chi connectivity index (χ2v) is 5.91. The second-order valence-electron chi connectivity index (χ2n) is 4.09. The Morgan fingerprint density at radius 3 is 2.63 bits per heavy atom. The van der Waals surface area contributed by atoms with Crippen molar-refractivity contribution in [3.05, 3.63) is 20.8 Å². The van der Waals surface area contributed by atoms with Crippen molar-refractivity contribution >= 4 is 39.1 Å². The molecule has 4 nitrogen and oxygen atoms in total. The lowest BCUT2D eigenvalue weighted by Gasteiger charge is -2.36. The summed E-state index contributed by atoms with van der Waals surface area (Å²) in [5.74, 6) is -1.15. The number of hydrogen-bond donors (Lipinski definition) is 1. The predicted molar refractivity (Wildman–Crippen MR) is 68.8 cm³/mol. The maximum atomic E-state index is 13.4.